The van der Waals surface area contributed by atoms with Crippen molar-refractivity contribution in [3.8, 4) is 5.75 Å². The zero-order valence-corrected chi connectivity index (χ0v) is 11.7. The highest BCUT2D eigenvalue weighted by molar-refractivity contribution is 9.10. The molecular formula is C13H15BrO4. The molecule has 98 valence electrons. The molecule has 0 bridgehead atoms. The number of rotatable bonds is 4. The van der Waals surface area contributed by atoms with Gasteiger partial charge in [-0.1, -0.05) is 35.9 Å². The van der Waals surface area contributed by atoms with Crippen molar-refractivity contribution in [2.75, 3.05) is 0 Å². The summed E-state index contributed by atoms with van der Waals surface area (Å²) in [5.41, 5.74) is -0.458. The normalized spacial score (nSPS) is 13.8. The first-order valence-corrected chi connectivity index (χ1v) is 6.12. The van der Waals surface area contributed by atoms with Crippen LogP contribution in [0.4, 0.5) is 0 Å². The number of aliphatic hydroxyl groups is 1. The monoisotopic (exact) mass is 314 g/mol. The Labute approximate surface area is 114 Å². The van der Waals surface area contributed by atoms with Gasteiger partial charge in [-0.2, -0.15) is 0 Å². The molecule has 0 fully saturated rings. The van der Waals surface area contributed by atoms with Crippen LogP contribution in [-0.4, -0.2) is 21.3 Å². The van der Waals surface area contributed by atoms with Crippen molar-refractivity contribution >= 4 is 21.9 Å². The number of aromatic hydroxyl groups is 1. The van der Waals surface area contributed by atoms with Gasteiger partial charge < -0.3 is 15.3 Å². The van der Waals surface area contributed by atoms with E-state index in [2.05, 4.69) is 15.9 Å². The quantitative estimate of drug-likeness (QED) is 0.747. The third-order valence-electron chi connectivity index (χ3n) is 2.64. The number of carbonyl (C=O) groups is 1. The van der Waals surface area contributed by atoms with Gasteiger partial charge in [-0.15, -0.1) is 0 Å². The van der Waals surface area contributed by atoms with Crippen molar-refractivity contribution in [1.29, 1.82) is 0 Å². The zero-order chi connectivity index (χ0) is 13.9. The van der Waals surface area contributed by atoms with Crippen LogP contribution in [0.5, 0.6) is 5.75 Å². The number of hydrogen-bond acceptors (Lipinski definition) is 3. The van der Waals surface area contributed by atoms with E-state index in [-0.39, 0.29) is 5.75 Å². The van der Waals surface area contributed by atoms with E-state index in [0.29, 0.717) is 5.56 Å². The predicted octanol–water partition coefficient (Wildman–Crippen LogP) is 2.86. The molecule has 0 aliphatic rings. The summed E-state index contributed by atoms with van der Waals surface area (Å²) in [6, 6.07) is 4.74. The van der Waals surface area contributed by atoms with Gasteiger partial charge in [0.2, 0.25) is 0 Å². The molecule has 1 atom stereocenters. The van der Waals surface area contributed by atoms with Crippen LogP contribution in [0.15, 0.2) is 34.8 Å². The minimum Gasteiger partial charge on any atom is -0.508 e. The second-order valence-electron chi connectivity index (χ2n) is 4.60. The Kier molecular flexibility index (Phi) is 4.53. The highest BCUT2D eigenvalue weighted by Gasteiger charge is 2.28. The van der Waals surface area contributed by atoms with Gasteiger partial charge in [-0.25, -0.2) is 4.79 Å². The summed E-state index contributed by atoms with van der Waals surface area (Å²) in [6.45, 7) is 3.38. The Morgan fingerprint density at radius 1 is 1.44 bits per heavy atom. The van der Waals surface area contributed by atoms with Crippen molar-refractivity contribution in [2.45, 2.75) is 20.0 Å². The predicted molar refractivity (Wildman–Crippen MR) is 71.3 cm³/mol. The first-order valence-electron chi connectivity index (χ1n) is 5.32. The topological polar surface area (TPSA) is 77.8 Å². The number of carboxylic acid groups (broad SMARTS) is 1. The number of hydrogen-bond donors (Lipinski definition) is 3. The van der Waals surface area contributed by atoms with E-state index in [4.69, 9.17) is 5.11 Å². The number of aliphatic hydroxyl groups excluding tert-OH is 1. The van der Waals surface area contributed by atoms with Crippen molar-refractivity contribution < 1.29 is 20.1 Å². The van der Waals surface area contributed by atoms with Crippen LogP contribution in [0.2, 0.25) is 0 Å². The van der Waals surface area contributed by atoms with E-state index in [0.717, 1.165) is 10.5 Å². The lowest BCUT2D eigenvalue weighted by Crippen LogP contribution is -2.20. The van der Waals surface area contributed by atoms with E-state index < -0.39 is 17.5 Å². The van der Waals surface area contributed by atoms with E-state index in [9.17, 15) is 15.0 Å². The summed E-state index contributed by atoms with van der Waals surface area (Å²) in [5.74, 6) is -1.10. The van der Waals surface area contributed by atoms with Crippen LogP contribution < -0.4 is 0 Å². The third kappa shape index (κ3) is 3.58. The maximum Gasteiger partial charge on any atom is 0.327 e. The molecule has 0 unspecified atom stereocenters. The standard InChI is InChI=1S/C13H15BrO4/c1-13(2,6-5-11(16)17)12(18)9-7-8(14)3-4-10(9)15/h3-7,12,15,18H,1-2H3,(H,16,17)/b6-5+/t12-/m0/s1. The first-order chi connectivity index (χ1) is 8.24. The lowest BCUT2D eigenvalue weighted by Gasteiger charge is -2.28. The molecule has 1 rings (SSSR count). The molecule has 0 radical (unpaired) electrons. The Hall–Kier alpha value is -1.33. The largest absolute Gasteiger partial charge is 0.508 e. The number of phenols is 1. The summed E-state index contributed by atoms with van der Waals surface area (Å²) in [6.07, 6.45) is 1.38. The molecule has 5 heteroatoms. The SMILES string of the molecule is CC(C)(/C=C/C(=O)O)[C@@H](O)c1cc(Br)ccc1O. The molecule has 0 aliphatic heterocycles. The summed E-state index contributed by atoms with van der Waals surface area (Å²) in [4.78, 5) is 10.5. The maximum absolute atomic E-state index is 10.5. The van der Waals surface area contributed by atoms with Gasteiger partial charge in [-0.3, -0.25) is 0 Å². The lowest BCUT2D eigenvalue weighted by atomic mass is 9.82. The van der Waals surface area contributed by atoms with Crippen molar-refractivity contribution in [1.82, 2.24) is 0 Å². The Morgan fingerprint density at radius 3 is 2.61 bits per heavy atom. The van der Waals surface area contributed by atoms with Crippen molar-refractivity contribution in [3.63, 3.8) is 0 Å². The fraction of sp³-hybridized carbons (Fsp3) is 0.308. The molecule has 1 aromatic rings. The van der Waals surface area contributed by atoms with Gasteiger partial charge in [0.1, 0.15) is 5.75 Å². The maximum atomic E-state index is 10.5. The second-order valence-corrected chi connectivity index (χ2v) is 5.51. The fourth-order valence-electron chi connectivity index (χ4n) is 1.52. The number of benzene rings is 1. The van der Waals surface area contributed by atoms with E-state index in [1.807, 2.05) is 0 Å². The molecular weight excluding hydrogens is 300 g/mol. The molecule has 0 aliphatic carbocycles. The second kappa shape index (κ2) is 5.54. The Balaban J connectivity index is 3.08. The van der Waals surface area contributed by atoms with E-state index >= 15 is 0 Å². The van der Waals surface area contributed by atoms with Crippen LogP contribution in [-0.2, 0) is 4.79 Å². The van der Waals surface area contributed by atoms with Crippen LogP contribution in [0.3, 0.4) is 0 Å². The summed E-state index contributed by atoms with van der Waals surface area (Å²) in [5, 5.41) is 28.6. The molecule has 0 aromatic heterocycles. The van der Waals surface area contributed by atoms with Gasteiger partial charge in [0.05, 0.1) is 6.10 Å². The zero-order valence-electron chi connectivity index (χ0n) is 10.1. The van der Waals surface area contributed by atoms with Crippen LogP contribution in [0, 0.1) is 5.41 Å². The third-order valence-corrected chi connectivity index (χ3v) is 3.14. The smallest absolute Gasteiger partial charge is 0.327 e. The minimum atomic E-state index is -1.08. The first kappa shape index (κ1) is 14.7. The fourth-order valence-corrected chi connectivity index (χ4v) is 1.90. The molecule has 0 heterocycles. The molecule has 0 spiro atoms. The molecule has 0 amide bonds. The highest BCUT2D eigenvalue weighted by atomic mass is 79.9. The van der Waals surface area contributed by atoms with E-state index in [1.165, 1.54) is 12.1 Å². The Bertz CT molecular complexity index is 480. The molecule has 0 saturated carbocycles. The molecule has 1 aromatic carbocycles. The van der Waals surface area contributed by atoms with Gasteiger partial charge in [0, 0.05) is 21.5 Å². The van der Waals surface area contributed by atoms with Crippen LogP contribution in [0.25, 0.3) is 0 Å². The average Bonchev–Trinajstić information content (AvgIpc) is 2.29. The summed E-state index contributed by atoms with van der Waals surface area (Å²) >= 11 is 3.26. The highest BCUT2D eigenvalue weighted by Crippen LogP contribution is 2.39. The number of aliphatic carboxylic acids is 1. The van der Waals surface area contributed by atoms with Crippen LogP contribution >= 0.6 is 15.9 Å². The van der Waals surface area contributed by atoms with Crippen molar-refractivity contribution in [2.24, 2.45) is 5.41 Å². The molecule has 4 nitrogen and oxygen atoms in total. The minimum absolute atomic E-state index is 0.0255. The van der Waals surface area contributed by atoms with Gasteiger partial charge in [-0.05, 0) is 18.2 Å². The number of halogens is 1. The Morgan fingerprint density at radius 2 is 2.06 bits per heavy atom. The van der Waals surface area contributed by atoms with Gasteiger partial charge in [0.25, 0.3) is 0 Å². The van der Waals surface area contributed by atoms with Crippen molar-refractivity contribution in [3.05, 3.63) is 40.4 Å². The number of phenolic OH excluding ortho intramolecular Hbond substituents is 1. The van der Waals surface area contributed by atoms with Gasteiger partial charge >= 0.3 is 5.97 Å². The average molecular weight is 315 g/mol. The summed E-state index contributed by atoms with van der Waals surface area (Å²) in [7, 11) is 0. The molecule has 18 heavy (non-hydrogen) atoms. The molecule has 3 N–H and O–H groups in total. The van der Waals surface area contributed by atoms with Crippen LogP contribution in [0.1, 0.15) is 25.5 Å². The van der Waals surface area contributed by atoms with E-state index in [1.54, 1.807) is 26.0 Å². The number of carboxylic acids is 1. The van der Waals surface area contributed by atoms with Gasteiger partial charge in [0.15, 0.2) is 0 Å². The summed E-state index contributed by atoms with van der Waals surface area (Å²) < 4.78 is 0.729. The molecule has 0 saturated heterocycles. The lowest BCUT2D eigenvalue weighted by molar-refractivity contribution is -0.131.